The maximum Gasteiger partial charge on any atom is 0.410 e. The van der Waals surface area contributed by atoms with Crippen molar-refractivity contribution in [1.29, 1.82) is 0 Å². The average molecular weight is 241 g/mol. The molecule has 17 heavy (non-hydrogen) atoms. The van der Waals surface area contributed by atoms with Crippen LogP contribution in [0.1, 0.15) is 19.8 Å². The molecule has 0 aliphatic carbocycles. The van der Waals surface area contributed by atoms with E-state index in [1.54, 1.807) is 4.90 Å². The van der Waals surface area contributed by atoms with Crippen LogP contribution >= 0.6 is 0 Å². The van der Waals surface area contributed by atoms with E-state index in [1.165, 1.54) is 6.08 Å². The Morgan fingerprint density at radius 2 is 2.29 bits per heavy atom. The number of nitrogens with zero attached hydrogens (tertiary/aromatic N) is 1. The highest BCUT2D eigenvalue weighted by Gasteiger charge is 2.30. The van der Waals surface area contributed by atoms with Crippen LogP contribution in [0.3, 0.4) is 0 Å². The maximum atomic E-state index is 11.6. The Morgan fingerprint density at radius 1 is 1.59 bits per heavy atom. The van der Waals surface area contributed by atoms with Crippen LogP contribution in [0.4, 0.5) is 4.79 Å². The molecule has 0 aromatic heterocycles. The zero-order valence-corrected chi connectivity index (χ0v) is 10.1. The van der Waals surface area contributed by atoms with Crippen LogP contribution in [0, 0.1) is 11.8 Å². The van der Waals surface area contributed by atoms with Crippen LogP contribution < -0.4 is 0 Å². The van der Waals surface area contributed by atoms with Gasteiger partial charge in [0.05, 0.1) is 6.42 Å². The summed E-state index contributed by atoms with van der Waals surface area (Å²) >= 11 is 0. The summed E-state index contributed by atoms with van der Waals surface area (Å²) in [4.78, 5) is 23.9. The van der Waals surface area contributed by atoms with Gasteiger partial charge in [0, 0.05) is 13.1 Å². The third-order valence-corrected chi connectivity index (χ3v) is 3.13. The van der Waals surface area contributed by atoms with Crippen LogP contribution in [0.15, 0.2) is 12.7 Å². The fraction of sp³-hybridized carbons (Fsp3) is 0.667. The van der Waals surface area contributed by atoms with Gasteiger partial charge < -0.3 is 14.7 Å². The molecule has 1 aliphatic rings. The van der Waals surface area contributed by atoms with Crippen molar-refractivity contribution in [3.63, 3.8) is 0 Å². The monoisotopic (exact) mass is 241 g/mol. The lowest BCUT2D eigenvalue weighted by atomic mass is 9.85. The Labute approximate surface area is 101 Å². The van der Waals surface area contributed by atoms with E-state index in [4.69, 9.17) is 9.84 Å². The molecule has 1 saturated heterocycles. The molecule has 5 heteroatoms. The molecule has 2 unspecified atom stereocenters. The lowest BCUT2D eigenvalue weighted by Crippen LogP contribution is -2.44. The second kappa shape index (κ2) is 6.27. The number of carboxylic acids is 1. The van der Waals surface area contributed by atoms with Crippen LogP contribution in [-0.4, -0.2) is 41.8 Å². The molecule has 1 N–H and O–H groups in total. The van der Waals surface area contributed by atoms with Crippen molar-refractivity contribution in [2.75, 3.05) is 19.7 Å². The summed E-state index contributed by atoms with van der Waals surface area (Å²) in [5, 5.41) is 8.80. The molecule has 1 heterocycles. The largest absolute Gasteiger partial charge is 0.481 e. The van der Waals surface area contributed by atoms with Gasteiger partial charge in [0.2, 0.25) is 0 Å². The summed E-state index contributed by atoms with van der Waals surface area (Å²) in [7, 11) is 0. The summed E-state index contributed by atoms with van der Waals surface area (Å²) in [5.74, 6) is -0.477. The lowest BCUT2D eigenvalue weighted by Gasteiger charge is -2.35. The van der Waals surface area contributed by atoms with Gasteiger partial charge in [-0.15, -0.1) is 0 Å². The summed E-state index contributed by atoms with van der Waals surface area (Å²) in [6, 6.07) is 0. The molecule has 1 rings (SSSR count). The molecular weight excluding hydrogens is 222 g/mol. The molecule has 1 aliphatic heterocycles. The SMILES string of the molecule is C=CCOC(=O)N1CCC(C)C(CC(=O)O)C1. The number of carbonyl (C=O) groups is 2. The van der Waals surface area contributed by atoms with E-state index in [0.29, 0.717) is 19.0 Å². The normalized spacial score (nSPS) is 24.2. The number of piperidine rings is 1. The highest BCUT2D eigenvalue weighted by atomic mass is 16.6. The lowest BCUT2D eigenvalue weighted by molar-refractivity contribution is -0.139. The number of carboxylic acid groups (broad SMARTS) is 1. The predicted octanol–water partition coefficient (Wildman–Crippen LogP) is 1.74. The van der Waals surface area contributed by atoms with E-state index < -0.39 is 5.97 Å². The first-order chi connectivity index (χ1) is 8.04. The molecule has 2 atom stereocenters. The number of amides is 1. The zero-order valence-electron chi connectivity index (χ0n) is 10.1. The second-order valence-electron chi connectivity index (χ2n) is 4.44. The molecule has 0 bridgehead atoms. The molecule has 0 spiro atoms. The van der Waals surface area contributed by atoms with E-state index in [-0.39, 0.29) is 25.0 Å². The van der Waals surface area contributed by atoms with Gasteiger partial charge in [-0.3, -0.25) is 4.79 Å². The fourth-order valence-corrected chi connectivity index (χ4v) is 2.03. The predicted molar refractivity (Wildman–Crippen MR) is 62.6 cm³/mol. The standard InChI is InChI=1S/C12H19NO4/c1-3-6-17-12(16)13-5-4-9(2)10(8-13)7-11(14)15/h3,9-10H,1,4-8H2,2H3,(H,14,15). The minimum Gasteiger partial charge on any atom is -0.481 e. The van der Waals surface area contributed by atoms with Gasteiger partial charge >= 0.3 is 12.1 Å². The number of rotatable bonds is 4. The van der Waals surface area contributed by atoms with Gasteiger partial charge in [0.15, 0.2) is 0 Å². The highest BCUT2D eigenvalue weighted by Crippen LogP contribution is 2.26. The number of likely N-dealkylation sites (tertiary alicyclic amines) is 1. The summed E-state index contributed by atoms with van der Waals surface area (Å²) in [6.45, 7) is 6.78. The number of hydrogen-bond donors (Lipinski definition) is 1. The van der Waals surface area contributed by atoms with E-state index in [2.05, 4.69) is 6.58 Å². The van der Waals surface area contributed by atoms with Gasteiger partial charge in [-0.2, -0.15) is 0 Å². The Hall–Kier alpha value is -1.52. The molecule has 5 nitrogen and oxygen atoms in total. The quantitative estimate of drug-likeness (QED) is 0.761. The van der Waals surface area contributed by atoms with Crippen molar-refractivity contribution >= 4 is 12.1 Å². The number of hydrogen-bond acceptors (Lipinski definition) is 3. The highest BCUT2D eigenvalue weighted by molar-refractivity contribution is 5.69. The zero-order chi connectivity index (χ0) is 12.8. The van der Waals surface area contributed by atoms with Gasteiger partial charge in [0.25, 0.3) is 0 Å². The number of aliphatic carboxylic acids is 1. The topological polar surface area (TPSA) is 66.8 Å². The van der Waals surface area contributed by atoms with E-state index in [9.17, 15) is 9.59 Å². The first-order valence-electron chi connectivity index (χ1n) is 5.79. The molecular formula is C12H19NO4. The smallest absolute Gasteiger partial charge is 0.410 e. The van der Waals surface area contributed by atoms with Crippen molar-refractivity contribution in [3.8, 4) is 0 Å². The van der Waals surface area contributed by atoms with Crippen molar-refractivity contribution in [1.82, 2.24) is 4.90 Å². The second-order valence-corrected chi connectivity index (χ2v) is 4.44. The molecule has 1 amide bonds. The Balaban J connectivity index is 2.50. The first kappa shape index (κ1) is 13.5. The first-order valence-corrected chi connectivity index (χ1v) is 5.79. The number of carbonyl (C=O) groups excluding carboxylic acids is 1. The third-order valence-electron chi connectivity index (χ3n) is 3.13. The van der Waals surface area contributed by atoms with Crippen LogP contribution in [-0.2, 0) is 9.53 Å². The maximum absolute atomic E-state index is 11.6. The minimum atomic E-state index is -0.817. The number of ether oxygens (including phenoxy) is 1. The van der Waals surface area contributed by atoms with E-state index in [1.807, 2.05) is 6.92 Å². The Morgan fingerprint density at radius 3 is 2.88 bits per heavy atom. The molecule has 96 valence electrons. The van der Waals surface area contributed by atoms with Crippen molar-refractivity contribution < 1.29 is 19.4 Å². The van der Waals surface area contributed by atoms with E-state index in [0.717, 1.165) is 6.42 Å². The summed E-state index contributed by atoms with van der Waals surface area (Å²) in [6.07, 6.45) is 2.06. The molecule has 0 saturated carbocycles. The Kier molecular flexibility index (Phi) is 5.00. The van der Waals surface area contributed by atoms with Gasteiger partial charge in [-0.05, 0) is 18.3 Å². The molecule has 0 aromatic rings. The summed E-state index contributed by atoms with van der Waals surface area (Å²) < 4.78 is 4.94. The summed E-state index contributed by atoms with van der Waals surface area (Å²) in [5.41, 5.74) is 0. The van der Waals surface area contributed by atoms with Crippen molar-refractivity contribution in [2.45, 2.75) is 19.8 Å². The van der Waals surface area contributed by atoms with Crippen LogP contribution in [0.5, 0.6) is 0 Å². The van der Waals surface area contributed by atoms with Crippen molar-refractivity contribution in [2.24, 2.45) is 11.8 Å². The van der Waals surface area contributed by atoms with Gasteiger partial charge in [0.1, 0.15) is 6.61 Å². The fourth-order valence-electron chi connectivity index (χ4n) is 2.03. The van der Waals surface area contributed by atoms with Crippen LogP contribution in [0.25, 0.3) is 0 Å². The molecule has 1 fully saturated rings. The molecule has 0 aromatic carbocycles. The van der Waals surface area contributed by atoms with Gasteiger partial charge in [-0.25, -0.2) is 4.79 Å². The average Bonchev–Trinajstić information content (AvgIpc) is 2.28. The van der Waals surface area contributed by atoms with Crippen molar-refractivity contribution in [3.05, 3.63) is 12.7 Å². The van der Waals surface area contributed by atoms with E-state index >= 15 is 0 Å². The third kappa shape index (κ3) is 4.09. The van der Waals surface area contributed by atoms with Crippen LogP contribution in [0.2, 0.25) is 0 Å². The van der Waals surface area contributed by atoms with Gasteiger partial charge in [-0.1, -0.05) is 19.6 Å². The molecule has 0 radical (unpaired) electrons. The Bertz CT molecular complexity index is 303. The minimum absolute atomic E-state index is 0.0116.